The second-order valence-electron chi connectivity index (χ2n) is 6.70. The van der Waals surface area contributed by atoms with Crippen LogP contribution < -0.4 is 9.46 Å². The van der Waals surface area contributed by atoms with Crippen LogP contribution in [-0.4, -0.2) is 37.6 Å². The molecular formula is C20H20F3N3O3S. The third kappa shape index (κ3) is 5.61. The summed E-state index contributed by atoms with van der Waals surface area (Å²) in [6.07, 6.45) is -3.52. The van der Waals surface area contributed by atoms with E-state index in [2.05, 4.69) is 9.82 Å². The summed E-state index contributed by atoms with van der Waals surface area (Å²) in [7, 11) is -3.30. The summed E-state index contributed by atoms with van der Waals surface area (Å²) < 4.78 is 70.8. The van der Waals surface area contributed by atoms with Crippen LogP contribution in [0.15, 0.2) is 54.6 Å². The van der Waals surface area contributed by atoms with Crippen molar-refractivity contribution in [2.45, 2.75) is 13.1 Å². The van der Waals surface area contributed by atoms with Gasteiger partial charge in [-0.15, -0.1) is 0 Å². The fourth-order valence-corrected chi connectivity index (χ4v) is 3.18. The summed E-state index contributed by atoms with van der Waals surface area (Å²) >= 11 is 0. The molecule has 0 saturated heterocycles. The molecule has 0 radical (unpaired) electrons. The van der Waals surface area contributed by atoms with Gasteiger partial charge in [0.25, 0.3) is 0 Å². The highest BCUT2D eigenvalue weighted by Gasteiger charge is 2.35. The van der Waals surface area contributed by atoms with Crippen LogP contribution in [0.4, 0.5) is 13.2 Å². The minimum atomic E-state index is -4.57. The van der Waals surface area contributed by atoms with Crippen molar-refractivity contribution >= 4 is 10.0 Å². The first-order valence-corrected chi connectivity index (χ1v) is 10.8. The number of nitrogens with zero attached hydrogens (tertiary/aromatic N) is 2. The molecule has 1 N–H and O–H groups in total. The fraction of sp³-hybridized carbons (Fsp3) is 0.250. The number of nitrogens with one attached hydrogen (secondary N) is 1. The summed E-state index contributed by atoms with van der Waals surface area (Å²) in [5.74, 6) is 0.464. The Morgan fingerprint density at radius 2 is 1.70 bits per heavy atom. The third-order valence-corrected chi connectivity index (χ3v) is 4.89. The first kappa shape index (κ1) is 21.8. The van der Waals surface area contributed by atoms with Crippen LogP contribution in [0.3, 0.4) is 0 Å². The lowest BCUT2D eigenvalue weighted by Crippen LogP contribution is -2.26. The monoisotopic (exact) mass is 439 g/mol. The molecule has 1 heterocycles. The summed E-state index contributed by atoms with van der Waals surface area (Å²) in [6.45, 7) is 2.11. The zero-order valence-electron chi connectivity index (χ0n) is 16.3. The van der Waals surface area contributed by atoms with Gasteiger partial charge in [0, 0.05) is 12.1 Å². The van der Waals surface area contributed by atoms with Crippen molar-refractivity contribution in [1.29, 1.82) is 0 Å². The molecule has 160 valence electrons. The van der Waals surface area contributed by atoms with Gasteiger partial charge in [-0.2, -0.15) is 18.3 Å². The second-order valence-corrected chi connectivity index (χ2v) is 8.53. The Morgan fingerprint density at radius 1 is 1.07 bits per heavy atom. The van der Waals surface area contributed by atoms with E-state index in [4.69, 9.17) is 4.74 Å². The highest BCUT2D eigenvalue weighted by Crippen LogP contribution is 2.33. The van der Waals surface area contributed by atoms with Gasteiger partial charge in [0.2, 0.25) is 10.0 Å². The number of hydrogen-bond acceptors (Lipinski definition) is 4. The molecule has 2 aromatic carbocycles. The maximum atomic E-state index is 13.3. The molecule has 0 fully saturated rings. The molecule has 30 heavy (non-hydrogen) atoms. The normalized spacial score (nSPS) is 12.2. The lowest BCUT2D eigenvalue weighted by atomic mass is 10.1. The molecule has 3 aromatic rings. The Morgan fingerprint density at radius 3 is 2.27 bits per heavy atom. The number of hydrogen-bond donors (Lipinski definition) is 1. The van der Waals surface area contributed by atoms with Crippen LogP contribution in [-0.2, 0) is 16.2 Å². The van der Waals surface area contributed by atoms with E-state index < -0.39 is 21.9 Å². The molecule has 10 heteroatoms. The maximum absolute atomic E-state index is 13.3. The summed E-state index contributed by atoms with van der Waals surface area (Å²) in [5, 5.41) is 3.76. The zero-order valence-corrected chi connectivity index (χ0v) is 17.1. The van der Waals surface area contributed by atoms with Crippen LogP contribution in [0, 0.1) is 6.92 Å². The highest BCUT2D eigenvalue weighted by atomic mass is 32.2. The molecule has 1 aromatic heterocycles. The Kier molecular flexibility index (Phi) is 6.18. The molecular weight excluding hydrogens is 419 g/mol. The van der Waals surface area contributed by atoms with E-state index in [-0.39, 0.29) is 18.8 Å². The van der Waals surface area contributed by atoms with E-state index in [0.717, 1.165) is 17.9 Å². The first-order chi connectivity index (χ1) is 14.0. The van der Waals surface area contributed by atoms with Crippen LogP contribution >= 0.6 is 0 Å². The van der Waals surface area contributed by atoms with Crippen LogP contribution in [0.5, 0.6) is 5.75 Å². The Bertz CT molecular complexity index is 1110. The number of aryl methyl sites for hydroxylation is 1. The number of alkyl halides is 3. The second kappa shape index (κ2) is 8.49. The van der Waals surface area contributed by atoms with Crippen molar-refractivity contribution in [3.8, 4) is 22.7 Å². The van der Waals surface area contributed by atoms with Crippen LogP contribution in [0.2, 0.25) is 0 Å². The van der Waals surface area contributed by atoms with Gasteiger partial charge in [-0.25, -0.2) is 17.8 Å². The van der Waals surface area contributed by atoms with Crippen molar-refractivity contribution in [1.82, 2.24) is 14.5 Å². The van der Waals surface area contributed by atoms with Gasteiger partial charge in [0.1, 0.15) is 12.4 Å². The van der Waals surface area contributed by atoms with E-state index in [9.17, 15) is 21.6 Å². The van der Waals surface area contributed by atoms with Crippen molar-refractivity contribution < 1.29 is 26.3 Å². The van der Waals surface area contributed by atoms with Crippen molar-refractivity contribution in [3.63, 3.8) is 0 Å². The van der Waals surface area contributed by atoms with Gasteiger partial charge in [-0.1, -0.05) is 17.7 Å². The minimum Gasteiger partial charge on any atom is -0.492 e. The third-order valence-electron chi connectivity index (χ3n) is 4.16. The predicted molar refractivity (Wildman–Crippen MR) is 107 cm³/mol. The Hall–Kier alpha value is -2.85. The molecule has 0 unspecified atom stereocenters. The molecule has 0 atom stereocenters. The molecule has 0 saturated carbocycles. The number of halogens is 3. The van der Waals surface area contributed by atoms with E-state index in [1.165, 1.54) is 4.68 Å². The SMILES string of the molecule is Cc1ccc(-n2nc(C(F)(F)F)cc2-c2ccc(OCCNS(C)(=O)=O)cc2)cc1. The molecule has 0 amide bonds. The number of benzene rings is 2. The fourth-order valence-electron chi connectivity index (χ4n) is 2.73. The number of ether oxygens (including phenoxy) is 1. The molecule has 6 nitrogen and oxygen atoms in total. The molecule has 0 aliphatic heterocycles. The average molecular weight is 439 g/mol. The van der Waals surface area contributed by atoms with Crippen molar-refractivity contribution in [3.05, 3.63) is 65.9 Å². The zero-order chi connectivity index (χ0) is 21.9. The molecule has 0 spiro atoms. The largest absolute Gasteiger partial charge is 0.492 e. The van der Waals surface area contributed by atoms with Gasteiger partial charge in [0.15, 0.2) is 5.69 Å². The summed E-state index contributed by atoms with van der Waals surface area (Å²) in [5.41, 5.74) is 1.33. The van der Waals surface area contributed by atoms with E-state index >= 15 is 0 Å². The maximum Gasteiger partial charge on any atom is 0.435 e. The van der Waals surface area contributed by atoms with E-state index in [0.29, 0.717) is 17.0 Å². The molecule has 0 bridgehead atoms. The smallest absolute Gasteiger partial charge is 0.435 e. The first-order valence-electron chi connectivity index (χ1n) is 8.95. The van der Waals surface area contributed by atoms with Gasteiger partial charge < -0.3 is 4.74 Å². The van der Waals surface area contributed by atoms with Crippen molar-refractivity contribution in [2.75, 3.05) is 19.4 Å². The summed E-state index contributed by atoms with van der Waals surface area (Å²) in [4.78, 5) is 0. The Balaban J connectivity index is 1.85. The molecule has 3 rings (SSSR count). The molecule has 0 aliphatic rings. The average Bonchev–Trinajstić information content (AvgIpc) is 3.11. The number of aromatic nitrogens is 2. The Labute approximate surface area is 172 Å². The standard InChI is InChI=1S/C20H20F3N3O3S/c1-14-3-7-16(8-4-14)26-18(13-19(25-26)20(21,22)23)15-5-9-17(10-6-15)29-12-11-24-30(2,27)28/h3-10,13,24H,11-12H2,1-2H3. The minimum absolute atomic E-state index is 0.107. The lowest BCUT2D eigenvalue weighted by molar-refractivity contribution is -0.141. The van der Waals surface area contributed by atoms with E-state index in [1.807, 2.05) is 6.92 Å². The van der Waals surface area contributed by atoms with Gasteiger partial charge >= 0.3 is 6.18 Å². The number of sulfonamides is 1. The van der Waals surface area contributed by atoms with Gasteiger partial charge in [-0.3, -0.25) is 0 Å². The van der Waals surface area contributed by atoms with Gasteiger partial charge in [0.05, 0.1) is 17.6 Å². The highest BCUT2D eigenvalue weighted by molar-refractivity contribution is 7.88. The van der Waals surface area contributed by atoms with Crippen molar-refractivity contribution in [2.24, 2.45) is 0 Å². The molecule has 0 aliphatic carbocycles. The van der Waals surface area contributed by atoms with Gasteiger partial charge in [-0.05, 0) is 49.4 Å². The topological polar surface area (TPSA) is 73.2 Å². The lowest BCUT2D eigenvalue weighted by Gasteiger charge is -2.10. The summed E-state index contributed by atoms with van der Waals surface area (Å²) in [6, 6.07) is 14.5. The predicted octanol–water partition coefficient (Wildman–Crippen LogP) is 3.79. The van der Waals surface area contributed by atoms with E-state index in [1.54, 1.807) is 48.5 Å². The van der Waals surface area contributed by atoms with Crippen LogP contribution in [0.1, 0.15) is 11.3 Å². The number of rotatable bonds is 7. The quantitative estimate of drug-likeness (QED) is 0.569. The van der Waals surface area contributed by atoms with Crippen LogP contribution in [0.25, 0.3) is 16.9 Å².